The summed E-state index contributed by atoms with van der Waals surface area (Å²) >= 11 is 0. The first-order chi connectivity index (χ1) is 15.6. The first kappa shape index (κ1) is 31.6. The molecule has 1 aromatic carbocycles. The molecule has 0 bridgehead atoms. The highest BCUT2D eigenvalue weighted by Gasteiger charge is 2.77. The summed E-state index contributed by atoms with van der Waals surface area (Å²) in [5.74, 6) is -3.08. The van der Waals surface area contributed by atoms with E-state index in [0.29, 0.717) is 6.92 Å². The summed E-state index contributed by atoms with van der Waals surface area (Å²) in [5.41, 5.74) is -20.3. The van der Waals surface area contributed by atoms with Gasteiger partial charge in [-0.05, 0) is 13.3 Å². The predicted octanol–water partition coefficient (Wildman–Crippen LogP) is 6.84. The van der Waals surface area contributed by atoms with E-state index in [0.717, 1.165) is 0 Å². The SMILES string of the molecule is CCC(C)(C(=O)OC(c1ccc(C(O)(C(F)(F)F)C(F)(F)F)cc1)(C(F)(F)F)C(F)(F)F)C(F)(F)F. The average Bonchev–Trinajstić information content (AvgIpc) is 2.66. The lowest BCUT2D eigenvalue weighted by Gasteiger charge is -2.40. The summed E-state index contributed by atoms with van der Waals surface area (Å²) < 4.78 is 203. The molecular formula is C18H13F15O3. The van der Waals surface area contributed by atoms with Crippen LogP contribution in [0.2, 0.25) is 0 Å². The molecule has 1 unspecified atom stereocenters. The highest BCUT2D eigenvalue weighted by Crippen LogP contribution is 2.56. The van der Waals surface area contributed by atoms with Crippen molar-refractivity contribution in [1.29, 1.82) is 0 Å². The maximum absolute atomic E-state index is 13.7. The molecule has 1 aromatic rings. The van der Waals surface area contributed by atoms with Crippen LogP contribution in [0.1, 0.15) is 31.4 Å². The van der Waals surface area contributed by atoms with Crippen molar-refractivity contribution >= 4 is 5.97 Å². The van der Waals surface area contributed by atoms with Gasteiger partial charge in [-0.3, -0.25) is 4.79 Å². The first-order valence-electron chi connectivity index (χ1n) is 9.05. The van der Waals surface area contributed by atoms with E-state index in [-0.39, 0.29) is 6.92 Å². The van der Waals surface area contributed by atoms with Crippen LogP contribution >= 0.6 is 0 Å². The second-order valence-electron chi connectivity index (χ2n) is 7.53. The minimum atomic E-state index is -6.83. The molecule has 18 heteroatoms. The summed E-state index contributed by atoms with van der Waals surface area (Å²) in [4.78, 5) is 12.0. The molecule has 0 heterocycles. The molecule has 0 fully saturated rings. The number of aliphatic hydroxyl groups is 1. The molecular weight excluding hydrogens is 549 g/mol. The number of alkyl halides is 15. The van der Waals surface area contributed by atoms with E-state index in [4.69, 9.17) is 0 Å². The summed E-state index contributed by atoms with van der Waals surface area (Å²) in [7, 11) is 0. The van der Waals surface area contributed by atoms with Crippen molar-refractivity contribution in [2.45, 2.75) is 62.4 Å². The first-order valence-corrected chi connectivity index (χ1v) is 9.05. The van der Waals surface area contributed by atoms with Gasteiger partial charge in [-0.1, -0.05) is 31.2 Å². The molecule has 1 atom stereocenters. The summed E-state index contributed by atoms with van der Waals surface area (Å²) in [6.45, 7) is 0.490. The Balaban J connectivity index is 3.92. The number of carbonyl (C=O) groups excluding carboxylic acids is 1. The Morgan fingerprint density at radius 1 is 0.667 bits per heavy atom. The lowest BCUT2D eigenvalue weighted by atomic mass is 9.84. The maximum Gasteiger partial charge on any atom is 0.442 e. The largest absolute Gasteiger partial charge is 0.442 e. The van der Waals surface area contributed by atoms with E-state index in [2.05, 4.69) is 4.74 Å². The fourth-order valence-electron chi connectivity index (χ4n) is 2.81. The Kier molecular flexibility index (Phi) is 7.79. The smallest absolute Gasteiger partial charge is 0.434 e. The minimum Gasteiger partial charge on any atom is -0.434 e. The van der Waals surface area contributed by atoms with Crippen molar-refractivity contribution in [3.63, 3.8) is 0 Å². The third-order valence-electron chi connectivity index (χ3n) is 5.36. The standard InChI is InChI=1S/C18H13F15O3/c1-3-11(2,14(19,20)21)10(34)36-13(17(28,29)30,18(31,32)33)9-6-4-8(5-7-9)12(35,15(22,23)24)16(25,26)27/h4-7,35H,3H2,1-2H3. The number of rotatable bonds is 5. The van der Waals surface area contributed by atoms with Crippen molar-refractivity contribution in [3.05, 3.63) is 35.4 Å². The molecule has 0 aliphatic rings. The number of halogens is 15. The summed E-state index contributed by atoms with van der Waals surface area (Å²) in [6, 6.07) is -2.55. The number of hydrogen-bond donors (Lipinski definition) is 1. The van der Waals surface area contributed by atoms with E-state index < -0.39 is 95.3 Å². The van der Waals surface area contributed by atoms with Gasteiger partial charge in [-0.15, -0.1) is 0 Å². The van der Waals surface area contributed by atoms with Gasteiger partial charge in [0.2, 0.25) is 0 Å². The number of ether oxygens (including phenoxy) is 1. The van der Waals surface area contributed by atoms with Gasteiger partial charge in [0.1, 0.15) is 0 Å². The summed E-state index contributed by atoms with van der Waals surface area (Å²) in [6.07, 6.45) is -33.9. The average molecular weight is 562 g/mol. The second-order valence-corrected chi connectivity index (χ2v) is 7.53. The zero-order chi connectivity index (χ0) is 29.0. The molecule has 208 valence electrons. The zero-order valence-corrected chi connectivity index (χ0v) is 17.4. The molecule has 0 amide bonds. The molecule has 1 N–H and O–H groups in total. The third kappa shape index (κ3) is 4.79. The van der Waals surface area contributed by atoms with Crippen molar-refractivity contribution in [1.82, 2.24) is 0 Å². The Bertz CT molecular complexity index is 907. The quantitative estimate of drug-likeness (QED) is 0.316. The fraction of sp³-hybridized carbons (Fsp3) is 0.611. The van der Waals surface area contributed by atoms with Crippen LogP contribution in [0, 0.1) is 5.41 Å². The van der Waals surface area contributed by atoms with Gasteiger partial charge in [-0.2, -0.15) is 65.9 Å². The molecule has 0 aromatic heterocycles. The predicted molar refractivity (Wildman–Crippen MR) is 86.8 cm³/mol. The van der Waals surface area contributed by atoms with Crippen LogP contribution < -0.4 is 0 Å². The molecule has 3 nitrogen and oxygen atoms in total. The van der Waals surface area contributed by atoms with Crippen molar-refractivity contribution in [2.24, 2.45) is 5.41 Å². The van der Waals surface area contributed by atoms with Crippen molar-refractivity contribution < 1.29 is 80.5 Å². The molecule has 0 aliphatic heterocycles. The van der Waals surface area contributed by atoms with E-state index >= 15 is 0 Å². The number of hydrogen-bond acceptors (Lipinski definition) is 3. The van der Waals surface area contributed by atoms with Crippen LogP contribution in [0.4, 0.5) is 65.9 Å². The number of esters is 1. The van der Waals surface area contributed by atoms with Gasteiger partial charge < -0.3 is 9.84 Å². The second kappa shape index (κ2) is 8.86. The van der Waals surface area contributed by atoms with Gasteiger partial charge in [0.15, 0.2) is 5.41 Å². The summed E-state index contributed by atoms with van der Waals surface area (Å²) in [5, 5.41) is 9.24. The molecule has 0 radical (unpaired) electrons. The normalized spacial score (nSPS) is 16.5. The van der Waals surface area contributed by atoms with Crippen LogP contribution in [0.5, 0.6) is 0 Å². The Labute approximate surface area is 190 Å². The highest BCUT2D eigenvalue weighted by molar-refractivity contribution is 5.78. The molecule has 36 heavy (non-hydrogen) atoms. The Hall–Kier alpha value is -2.40. The minimum absolute atomic E-state index is 0.0806. The zero-order valence-electron chi connectivity index (χ0n) is 17.4. The Morgan fingerprint density at radius 3 is 1.25 bits per heavy atom. The molecule has 0 aliphatic carbocycles. The fourth-order valence-corrected chi connectivity index (χ4v) is 2.81. The maximum atomic E-state index is 13.7. The number of carbonyl (C=O) groups is 1. The van der Waals surface area contributed by atoms with Gasteiger partial charge in [0.05, 0.1) is 0 Å². The van der Waals surface area contributed by atoms with Crippen LogP contribution in [-0.2, 0) is 20.7 Å². The Morgan fingerprint density at radius 2 is 1.00 bits per heavy atom. The van der Waals surface area contributed by atoms with Crippen LogP contribution in [0.15, 0.2) is 24.3 Å². The lowest BCUT2D eigenvalue weighted by molar-refractivity contribution is -0.382. The monoisotopic (exact) mass is 562 g/mol. The number of benzene rings is 1. The van der Waals surface area contributed by atoms with E-state index in [9.17, 15) is 75.8 Å². The molecule has 0 spiro atoms. The van der Waals surface area contributed by atoms with Gasteiger partial charge >= 0.3 is 42.5 Å². The topological polar surface area (TPSA) is 46.5 Å². The van der Waals surface area contributed by atoms with Gasteiger partial charge in [0.25, 0.3) is 5.60 Å². The van der Waals surface area contributed by atoms with Crippen molar-refractivity contribution in [3.8, 4) is 0 Å². The van der Waals surface area contributed by atoms with Gasteiger partial charge in [-0.25, -0.2) is 0 Å². The van der Waals surface area contributed by atoms with Crippen molar-refractivity contribution in [2.75, 3.05) is 0 Å². The highest BCUT2D eigenvalue weighted by atomic mass is 19.4. The van der Waals surface area contributed by atoms with Crippen LogP contribution in [0.3, 0.4) is 0 Å². The lowest BCUT2D eigenvalue weighted by Crippen LogP contribution is -2.59. The molecule has 0 saturated heterocycles. The third-order valence-corrected chi connectivity index (χ3v) is 5.36. The van der Waals surface area contributed by atoms with E-state index in [1.807, 2.05) is 0 Å². The molecule has 1 rings (SSSR count). The van der Waals surface area contributed by atoms with Gasteiger partial charge in [0, 0.05) is 11.1 Å². The molecule has 0 saturated carbocycles. The van der Waals surface area contributed by atoms with E-state index in [1.165, 1.54) is 0 Å². The van der Waals surface area contributed by atoms with E-state index in [1.54, 1.807) is 0 Å². The van der Waals surface area contributed by atoms with Crippen LogP contribution in [0.25, 0.3) is 0 Å². The van der Waals surface area contributed by atoms with Crippen LogP contribution in [-0.4, -0.2) is 42.0 Å².